The van der Waals surface area contributed by atoms with E-state index in [4.69, 9.17) is 5.73 Å². The van der Waals surface area contributed by atoms with Gasteiger partial charge in [0.15, 0.2) is 0 Å². The lowest BCUT2D eigenvalue weighted by atomic mass is 9.91. The van der Waals surface area contributed by atoms with E-state index in [1.165, 1.54) is 7.05 Å². The number of hydrogen-bond donors (Lipinski definition) is 3. The van der Waals surface area contributed by atoms with Crippen LogP contribution in [-0.2, 0) is 14.8 Å². The van der Waals surface area contributed by atoms with Crippen LogP contribution in [0.3, 0.4) is 0 Å². The van der Waals surface area contributed by atoms with Gasteiger partial charge in [-0.25, -0.2) is 13.1 Å². The normalized spacial score (nSPS) is 14.8. The smallest absolute Gasteiger partial charge is 0.237 e. The van der Waals surface area contributed by atoms with Crippen molar-refractivity contribution in [3.05, 3.63) is 0 Å². The highest BCUT2D eigenvalue weighted by atomic mass is 35.5. The third kappa shape index (κ3) is 7.86. The molecule has 1 unspecified atom stereocenters. The molecule has 0 bridgehead atoms. The van der Waals surface area contributed by atoms with E-state index in [-0.39, 0.29) is 19.0 Å². The fourth-order valence-electron chi connectivity index (χ4n) is 1.70. The van der Waals surface area contributed by atoms with Gasteiger partial charge < -0.3 is 11.1 Å². The van der Waals surface area contributed by atoms with E-state index in [0.29, 0.717) is 12.3 Å². The van der Waals surface area contributed by atoms with E-state index in [9.17, 15) is 13.2 Å². The minimum absolute atomic E-state index is 0. The second-order valence-electron chi connectivity index (χ2n) is 4.87. The van der Waals surface area contributed by atoms with Crippen molar-refractivity contribution in [3.8, 4) is 0 Å². The molecule has 0 saturated carbocycles. The zero-order valence-electron chi connectivity index (χ0n) is 11.3. The number of nitrogens with one attached hydrogen (secondary N) is 2. The maximum atomic E-state index is 11.6. The first-order chi connectivity index (χ1) is 7.64. The van der Waals surface area contributed by atoms with Crippen LogP contribution in [0.15, 0.2) is 0 Å². The van der Waals surface area contributed by atoms with Crippen LogP contribution in [0.1, 0.15) is 27.2 Å². The molecule has 0 heterocycles. The third-order valence-corrected chi connectivity index (χ3v) is 3.65. The second-order valence-corrected chi connectivity index (χ2v) is 6.80. The first-order valence-corrected chi connectivity index (χ1v) is 7.21. The maximum Gasteiger partial charge on any atom is 0.237 e. The number of carbonyl (C=O) groups is 1. The van der Waals surface area contributed by atoms with E-state index < -0.39 is 27.2 Å². The molecule has 8 heteroatoms. The molecule has 0 rings (SSSR count). The summed E-state index contributed by atoms with van der Waals surface area (Å²) >= 11 is 0. The lowest BCUT2D eigenvalue weighted by Gasteiger charge is -2.31. The van der Waals surface area contributed by atoms with Gasteiger partial charge in [-0.2, -0.15) is 0 Å². The number of rotatable bonds is 7. The Kier molecular flexibility index (Phi) is 8.80. The Morgan fingerprint density at radius 1 is 1.39 bits per heavy atom. The highest BCUT2D eigenvalue weighted by molar-refractivity contribution is 7.90. The van der Waals surface area contributed by atoms with Gasteiger partial charge in [-0.3, -0.25) is 4.79 Å². The molecule has 0 saturated heterocycles. The zero-order chi connectivity index (χ0) is 13.7. The van der Waals surface area contributed by atoms with Crippen molar-refractivity contribution in [2.45, 2.75) is 32.7 Å². The lowest BCUT2D eigenvalue weighted by molar-refractivity contribution is -0.120. The first-order valence-electron chi connectivity index (χ1n) is 5.56. The number of halogens is 1. The monoisotopic (exact) mass is 301 g/mol. The largest absolute Gasteiger partial charge is 0.349 e. The molecule has 1 amide bonds. The summed E-state index contributed by atoms with van der Waals surface area (Å²) in [6.07, 6.45) is 0.703. The van der Waals surface area contributed by atoms with Gasteiger partial charge in [-0.05, 0) is 26.3 Å². The maximum absolute atomic E-state index is 11.6. The highest BCUT2D eigenvalue weighted by Gasteiger charge is 2.27. The van der Waals surface area contributed by atoms with Crippen molar-refractivity contribution < 1.29 is 13.2 Å². The summed E-state index contributed by atoms with van der Waals surface area (Å²) in [6, 6.07) is 0. The van der Waals surface area contributed by atoms with Gasteiger partial charge >= 0.3 is 0 Å². The third-order valence-electron chi connectivity index (χ3n) is 2.38. The minimum Gasteiger partial charge on any atom is -0.349 e. The Morgan fingerprint density at radius 2 is 1.89 bits per heavy atom. The van der Waals surface area contributed by atoms with Crippen molar-refractivity contribution in [2.75, 3.05) is 19.3 Å². The van der Waals surface area contributed by atoms with Crippen molar-refractivity contribution in [2.24, 2.45) is 11.7 Å². The first kappa shape index (κ1) is 20.0. The summed E-state index contributed by atoms with van der Waals surface area (Å²) in [6.45, 7) is 6.13. The standard InChI is InChI=1S/C10H23N3O3S.ClH/c1-8(2)5-10(3,7-11)13-9(14)6-17(15,16)12-4;/h8,12H,5-7,11H2,1-4H3,(H,13,14);1H. The quantitative estimate of drug-likeness (QED) is 0.608. The Bertz CT molecular complexity index is 359. The van der Waals surface area contributed by atoms with Crippen LogP contribution in [0, 0.1) is 5.92 Å². The predicted octanol–water partition coefficient (Wildman–Crippen LogP) is -0.163. The van der Waals surface area contributed by atoms with Gasteiger partial charge in [-0.1, -0.05) is 13.8 Å². The van der Waals surface area contributed by atoms with Gasteiger partial charge in [0.05, 0.1) is 0 Å². The van der Waals surface area contributed by atoms with Crippen LogP contribution in [0.4, 0.5) is 0 Å². The van der Waals surface area contributed by atoms with Crippen LogP contribution < -0.4 is 15.8 Å². The summed E-state index contributed by atoms with van der Waals surface area (Å²) in [5, 5.41) is 2.68. The summed E-state index contributed by atoms with van der Waals surface area (Å²) in [5.41, 5.74) is 5.06. The van der Waals surface area contributed by atoms with E-state index in [1.54, 1.807) is 0 Å². The zero-order valence-corrected chi connectivity index (χ0v) is 13.0. The molecule has 0 aliphatic heterocycles. The highest BCUT2D eigenvalue weighted by Crippen LogP contribution is 2.15. The summed E-state index contributed by atoms with van der Waals surface area (Å²) in [7, 11) is -2.25. The van der Waals surface area contributed by atoms with Crippen molar-refractivity contribution >= 4 is 28.3 Å². The van der Waals surface area contributed by atoms with E-state index in [0.717, 1.165) is 0 Å². The average Bonchev–Trinajstić information content (AvgIpc) is 2.15. The number of nitrogens with two attached hydrogens (primary N) is 1. The molecule has 1 atom stereocenters. The number of sulfonamides is 1. The van der Waals surface area contributed by atoms with E-state index in [2.05, 4.69) is 10.0 Å². The molecule has 110 valence electrons. The van der Waals surface area contributed by atoms with Gasteiger partial charge in [0, 0.05) is 12.1 Å². The average molecular weight is 302 g/mol. The molecule has 4 N–H and O–H groups in total. The molecule has 18 heavy (non-hydrogen) atoms. The van der Waals surface area contributed by atoms with Crippen LogP contribution in [0.2, 0.25) is 0 Å². The summed E-state index contributed by atoms with van der Waals surface area (Å²) in [4.78, 5) is 11.6. The minimum atomic E-state index is -3.53. The van der Waals surface area contributed by atoms with Crippen LogP contribution in [-0.4, -0.2) is 39.2 Å². The van der Waals surface area contributed by atoms with E-state index in [1.807, 2.05) is 20.8 Å². The van der Waals surface area contributed by atoms with E-state index >= 15 is 0 Å². The molecule has 0 aromatic carbocycles. The number of amides is 1. The molecule has 0 spiro atoms. The van der Waals surface area contributed by atoms with Crippen LogP contribution >= 0.6 is 12.4 Å². The summed E-state index contributed by atoms with van der Waals surface area (Å²) in [5.74, 6) is -0.741. The Balaban J connectivity index is 0. The predicted molar refractivity (Wildman–Crippen MR) is 75.2 cm³/mol. The van der Waals surface area contributed by atoms with Gasteiger partial charge in [0.1, 0.15) is 5.75 Å². The molecule has 0 aliphatic rings. The van der Waals surface area contributed by atoms with Crippen molar-refractivity contribution in [1.82, 2.24) is 10.0 Å². The molecule has 0 aliphatic carbocycles. The van der Waals surface area contributed by atoms with Gasteiger partial charge in [-0.15, -0.1) is 12.4 Å². The van der Waals surface area contributed by atoms with Gasteiger partial charge in [0.25, 0.3) is 0 Å². The molecule has 0 aromatic heterocycles. The fraction of sp³-hybridized carbons (Fsp3) is 0.900. The van der Waals surface area contributed by atoms with Crippen molar-refractivity contribution in [3.63, 3.8) is 0 Å². The molecular weight excluding hydrogens is 278 g/mol. The topological polar surface area (TPSA) is 101 Å². The number of carbonyl (C=O) groups excluding carboxylic acids is 1. The van der Waals surface area contributed by atoms with Crippen molar-refractivity contribution in [1.29, 1.82) is 0 Å². The molecular formula is C10H24ClN3O3S. The Labute approximate surface area is 116 Å². The van der Waals surface area contributed by atoms with Gasteiger partial charge in [0.2, 0.25) is 15.9 Å². The molecule has 6 nitrogen and oxygen atoms in total. The summed E-state index contributed by atoms with van der Waals surface area (Å²) < 4.78 is 24.5. The Hall–Kier alpha value is -0.370. The molecule has 0 fully saturated rings. The van der Waals surface area contributed by atoms with Crippen LogP contribution in [0.5, 0.6) is 0 Å². The Morgan fingerprint density at radius 3 is 2.22 bits per heavy atom. The number of hydrogen-bond acceptors (Lipinski definition) is 4. The van der Waals surface area contributed by atoms with Crippen LogP contribution in [0.25, 0.3) is 0 Å². The second kappa shape index (κ2) is 7.93. The SMILES string of the molecule is CNS(=O)(=O)CC(=O)NC(C)(CN)CC(C)C.Cl. The lowest BCUT2D eigenvalue weighted by Crippen LogP contribution is -2.53. The molecule has 0 aromatic rings. The fourth-order valence-corrected chi connectivity index (χ4v) is 2.27. The molecule has 0 radical (unpaired) electrons.